The van der Waals surface area contributed by atoms with Crippen LogP contribution in [0.3, 0.4) is 0 Å². The van der Waals surface area contributed by atoms with Crippen LogP contribution < -0.4 is 5.32 Å². The van der Waals surface area contributed by atoms with E-state index in [9.17, 15) is 9.65 Å². The minimum Gasteiger partial charge on any atom is -0.381 e. The Morgan fingerprint density at radius 3 is 2.55 bits per heavy atom. The van der Waals surface area contributed by atoms with E-state index >= 15 is 0 Å². The van der Waals surface area contributed by atoms with Crippen LogP contribution in [0.1, 0.15) is 23.6 Å². The van der Waals surface area contributed by atoms with E-state index in [1.165, 1.54) is 12.1 Å². The van der Waals surface area contributed by atoms with Gasteiger partial charge in [-0.1, -0.05) is 24.3 Å². The van der Waals surface area contributed by atoms with Crippen molar-refractivity contribution >= 4 is 5.69 Å². The molecular weight excluding hydrogens is 251 g/mol. The molecule has 2 nitrogen and oxygen atoms in total. The van der Waals surface area contributed by atoms with E-state index < -0.39 is 0 Å². The van der Waals surface area contributed by atoms with Gasteiger partial charge in [0.15, 0.2) is 0 Å². The molecule has 2 aromatic rings. The Labute approximate surface area is 118 Å². The van der Waals surface area contributed by atoms with E-state index in [4.69, 9.17) is 0 Å². The minimum atomic E-state index is -0.222. The lowest BCUT2D eigenvalue weighted by Crippen LogP contribution is -2.19. The van der Waals surface area contributed by atoms with E-state index in [1.807, 2.05) is 32.0 Å². The van der Waals surface area contributed by atoms with Crippen molar-refractivity contribution in [1.29, 1.82) is 5.26 Å². The molecule has 102 valence electrons. The molecule has 0 spiro atoms. The number of rotatable bonds is 4. The number of benzene rings is 2. The second kappa shape index (κ2) is 6.21. The predicted molar refractivity (Wildman–Crippen MR) is 79.1 cm³/mol. The highest BCUT2D eigenvalue weighted by molar-refractivity contribution is 5.61. The van der Waals surface area contributed by atoms with Crippen molar-refractivity contribution in [2.75, 3.05) is 5.32 Å². The van der Waals surface area contributed by atoms with Crippen molar-refractivity contribution in [2.24, 2.45) is 0 Å². The summed E-state index contributed by atoms with van der Waals surface area (Å²) in [5.74, 6) is -0.222. The van der Waals surface area contributed by atoms with Gasteiger partial charge < -0.3 is 5.32 Å². The number of nitrogens with zero attached hydrogens (tertiary/aromatic N) is 1. The summed E-state index contributed by atoms with van der Waals surface area (Å²) >= 11 is 0. The van der Waals surface area contributed by atoms with Gasteiger partial charge in [-0.2, -0.15) is 5.26 Å². The predicted octanol–water partition coefficient (Wildman–Crippen LogP) is 4.05. The molecule has 20 heavy (non-hydrogen) atoms. The first-order valence-electron chi connectivity index (χ1n) is 6.61. The molecule has 1 unspecified atom stereocenters. The largest absolute Gasteiger partial charge is 0.381 e. The maximum atomic E-state index is 12.9. The SMILES string of the molecule is Cc1cccc(NC(C)Cc2ccc(F)cc2)c1C#N. The topological polar surface area (TPSA) is 35.8 Å². The van der Waals surface area contributed by atoms with Crippen LogP contribution in [-0.2, 0) is 6.42 Å². The zero-order chi connectivity index (χ0) is 14.5. The van der Waals surface area contributed by atoms with Crippen LogP contribution in [0.25, 0.3) is 0 Å². The lowest BCUT2D eigenvalue weighted by molar-refractivity contribution is 0.626. The summed E-state index contributed by atoms with van der Waals surface area (Å²) in [6, 6.07) is 14.7. The molecule has 0 heterocycles. The summed E-state index contributed by atoms with van der Waals surface area (Å²) in [5.41, 5.74) is 3.56. The molecule has 0 amide bonds. The van der Waals surface area contributed by atoms with E-state index in [1.54, 1.807) is 12.1 Å². The minimum absolute atomic E-state index is 0.161. The third-order valence-corrected chi connectivity index (χ3v) is 3.24. The first kappa shape index (κ1) is 14.1. The summed E-state index contributed by atoms with van der Waals surface area (Å²) in [6.45, 7) is 3.97. The molecule has 0 aliphatic rings. The molecule has 0 bridgehead atoms. The van der Waals surface area contributed by atoms with E-state index in [0.29, 0.717) is 5.56 Å². The lowest BCUT2D eigenvalue weighted by Gasteiger charge is -2.17. The molecule has 0 saturated carbocycles. The van der Waals surface area contributed by atoms with Crippen molar-refractivity contribution in [3.8, 4) is 6.07 Å². The monoisotopic (exact) mass is 268 g/mol. The van der Waals surface area contributed by atoms with Gasteiger partial charge in [0, 0.05) is 6.04 Å². The zero-order valence-electron chi connectivity index (χ0n) is 11.7. The number of nitriles is 1. The zero-order valence-corrected chi connectivity index (χ0v) is 11.7. The third-order valence-electron chi connectivity index (χ3n) is 3.24. The van der Waals surface area contributed by atoms with E-state index in [-0.39, 0.29) is 11.9 Å². The number of hydrogen-bond donors (Lipinski definition) is 1. The molecule has 1 N–H and O–H groups in total. The van der Waals surface area contributed by atoms with Gasteiger partial charge in [-0.25, -0.2) is 4.39 Å². The highest BCUT2D eigenvalue weighted by atomic mass is 19.1. The molecule has 0 aliphatic heterocycles. The fraction of sp³-hybridized carbons (Fsp3) is 0.235. The Balaban J connectivity index is 2.09. The number of halogens is 1. The van der Waals surface area contributed by atoms with Crippen LogP contribution in [0.2, 0.25) is 0 Å². The Bertz CT molecular complexity index is 626. The maximum absolute atomic E-state index is 12.9. The van der Waals surface area contributed by atoms with Gasteiger partial charge in [-0.15, -0.1) is 0 Å². The summed E-state index contributed by atoms with van der Waals surface area (Å²) in [6.07, 6.45) is 0.777. The second-order valence-electron chi connectivity index (χ2n) is 4.99. The number of anilines is 1. The average molecular weight is 268 g/mol. The first-order chi connectivity index (χ1) is 9.60. The fourth-order valence-corrected chi connectivity index (χ4v) is 2.23. The van der Waals surface area contributed by atoms with Crippen molar-refractivity contribution in [3.05, 3.63) is 65.0 Å². The smallest absolute Gasteiger partial charge is 0.123 e. The molecule has 0 radical (unpaired) electrons. The maximum Gasteiger partial charge on any atom is 0.123 e. The normalized spacial score (nSPS) is 11.7. The van der Waals surface area contributed by atoms with Gasteiger partial charge in [0.25, 0.3) is 0 Å². The molecule has 0 aliphatic carbocycles. The highest BCUT2D eigenvalue weighted by Crippen LogP contribution is 2.20. The van der Waals surface area contributed by atoms with Crippen LogP contribution in [-0.4, -0.2) is 6.04 Å². The van der Waals surface area contributed by atoms with Gasteiger partial charge in [-0.05, 0) is 49.6 Å². The van der Waals surface area contributed by atoms with E-state index in [2.05, 4.69) is 11.4 Å². The molecule has 0 fully saturated rings. The summed E-state index contributed by atoms with van der Waals surface area (Å²) in [7, 11) is 0. The first-order valence-corrected chi connectivity index (χ1v) is 6.61. The molecule has 0 saturated heterocycles. The number of hydrogen-bond acceptors (Lipinski definition) is 2. The van der Waals surface area contributed by atoms with Gasteiger partial charge in [-0.3, -0.25) is 0 Å². The summed E-state index contributed by atoms with van der Waals surface area (Å²) in [4.78, 5) is 0. The average Bonchev–Trinajstić information content (AvgIpc) is 2.42. The van der Waals surface area contributed by atoms with Crippen LogP contribution in [0.15, 0.2) is 42.5 Å². The van der Waals surface area contributed by atoms with Crippen molar-refractivity contribution in [1.82, 2.24) is 0 Å². The van der Waals surface area contributed by atoms with Crippen molar-refractivity contribution in [3.63, 3.8) is 0 Å². The molecule has 2 rings (SSSR count). The molecule has 0 aromatic heterocycles. The molecule has 3 heteroatoms. The molecular formula is C17H17FN2. The van der Waals surface area contributed by atoms with Crippen LogP contribution >= 0.6 is 0 Å². The van der Waals surface area contributed by atoms with E-state index in [0.717, 1.165) is 23.2 Å². The van der Waals surface area contributed by atoms with Gasteiger partial charge in [0.05, 0.1) is 11.3 Å². The van der Waals surface area contributed by atoms with Crippen LogP contribution in [0, 0.1) is 24.1 Å². The molecule has 2 aromatic carbocycles. The second-order valence-corrected chi connectivity index (χ2v) is 4.99. The van der Waals surface area contributed by atoms with Gasteiger partial charge in [0.2, 0.25) is 0 Å². The lowest BCUT2D eigenvalue weighted by atomic mass is 10.0. The van der Waals surface area contributed by atoms with Crippen molar-refractivity contribution < 1.29 is 4.39 Å². The Morgan fingerprint density at radius 1 is 1.20 bits per heavy atom. The van der Waals surface area contributed by atoms with Gasteiger partial charge in [0.1, 0.15) is 11.9 Å². The summed E-state index contributed by atoms with van der Waals surface area (Å²) in [5, 5.41) is 12.5. The fourth-order valence-electron chi connectivity index (χ4n) is 2.23. The summed E-state index contributed by atoms with van der Waals surface area (Å²) < 4.78 is 12.9. The van der Waals surface area contributed by atoms with Crippen molar-refractivity contribution in [2.45, 2.75) is 26.3 Å². The number of nitrogens with one attached hydrogen (secondary N) is 1. The highest BCUT2D eigenvalue weighted by Gasteiger charge is 2.09. The quantitative estimate of drug-likeness (QED) is 0.908. The standard InChI is InChI=1S/C17H17FN2/c1-12-4-3-5-17(16(12)11-19)20-13(2)10-14-6-8-15(18)9-7-14/h3-9,13,20H,10H2,1-2H3. The Kier molecular flexibility index (Phi) is 4.37. The van der Waals surface area contributed by atoms with Crippen LogP contribution in [0.5, 0.6) is 0 Å². The molecule has 1 atom stereocenters. The van der Waals surface area contributed by atoms with Crippen LogP contribution in [0.4, 0.5) is 10.1 Å². The third kappa shape index (κ3) is 3.36. The van der Waals surface area contributed by atoms with Gasteiger partial charge >= 0.3 is 0 Å². The Hall–Kier alpha value is -2.34. The number of aryl methyl sites for hydroxylation is 1. The Morgan fingerprint density at radius 2 is 1.90 bits per heavy atom.